The molecule has 0 spiro atoms. The minimum Gasteiger partial charge on any atom is -0.482 e. The second-order valence-electron chi connectivity index (χ2n) is 6.14. The molecule has 2 aromatic rings. The van der Waals surface area contributed by atoms with Crippen molar-refractivity contribution in [1.82, 2.24) is 0 Å². The standard InChI is InChI=1S/C19H21NO2/c1-13(2)16-7-5-15(6-8-16)11-20-17-10-14(3)4-9-18(17)22-12-19(20)21/h4-10,13H,11-12H2,1-3H3. The average molecular weight is 295 g/mol. The van der Waals surface area contributed by atoms with Crippen molar-refractivity contribution >= 4 is 11.6 Å². The highest BCUT2D eigenvalue weighted by molar-refractivity contribution is 5.97. The molecule has 0 saturated heterocycles. The molecule has 0 aromatic heterocycles. The summed E-state index contributed by atoms with van der Waals surface area (Å²) in [6, 6.07) is 14.4. The van der Waals surface area contributed by atoms with E-state index in [0.717, 1.165) is 22.6 Å². The van der Waals surface area contributed by atoms with Gasteiger partial charge in [0.1, 0.15) is 5.75 Å². The summed E-state index contributed by atoms with van der Waals surface area (Å²) in [6.07, 6.45) is 0. The summed E-state index contributed by atoms with van der Waals surface area (Å²) in [5.74, 6) is 1.30. The normalized spacial score (nSPS) is 14.0. The Morgan fingerprint density at radius 3 is 2.55 bits per heavy atom. The van der Waals surface area contributed by atoms with Crippen molar-refractivity contribution in [3.05, 3.63) is 59.2 Å². The minimum absolute atomic E-state index is 0.00559. The third kappa shape index (κ3) is 2.84. The first-order valence-corrected chi connectivity index (χ1v) is 7.67. The van der Waals surface area contributed by atoms with Gasteiger partial charge in [-0.1, -0.05) is 44.2 Å². The molecule has 0 atom stereocenters. The lowest BCUT2D eigenvalue weighted by atomic mass is 10.0. The minimum atomic E-state index is 0.00559. The largest absolute Gasteiger partial charge is 0.482 e. The summed E-state index contributed by atoms with van der Waals surface area (Å²) in [7, 11) is 0. The lowest BCUT2D eigenvalue weighted by Gasteiger charge is -2.29. The maximum absolute atomic E-state index is 12.2. The number of amides is 1. The van der Waals surface area contributed by atoms with Gasteiger partial charge in [0.05, 0.1) is 12.2 Å². The Kier molecular flexibility index (Phi) is 3.88. The van der Waals surface area contributed by atoms with Crippen molar-refractivity contribution in [2.75, 3.05) is 11.5 Å². The molecule has 0 bridgehead atoms. The third-order valence-electron chi connectivity index (χ3n) is 4.04. The molecular weight excluding hydrogens is 274 g/mol. The van der Waals surface area contributed by atoms with Gasteiger partial charge < -0.3 is 9.64 Å². The van der Waals surface area contributed by atoms with Gasteiger partial charge in [0.15, 0.2) is 6.61 Å². The van der Waals surface area contributed by atoms with Crippen LogP contribution in [0.4, 0.5) is 5.69 Å². The Bertz CT molecular complexity index is 689. The fourth-order valence-electron chi connectivity index (χ4n) is 2.68. The molecule has 0 radical (unpaired) electrons. The summed E-state index contributed by atoms with van der Waals surface area (Å²) in [4.78, 5) is 14.1. The van der Waals surface area contributed by atoms with E-state index in [1.165, 1.54) is 5.56 Å². The molecule has 114 valence electrons. The second-order valence-corrected chi connectivity index (χ2v) is 6.14. The van der Waals surface area contributed by atoms with Gasteiger partial charge in [-0.3, -0.25) is 4.79 Å². The summed E-state index contributed by atoms with van der Waals surface area (Å²) in [6.45, 7) is 7.07. The maximum atomic E-state index is 12.2. The summed E-state index contributed by atoms with van der Waals surface area (Å²) >= 11 is 0. The zero-order chi connectivity index (χ0) is 15.7. The number of carbonyl (C=O) groups is 1. The van der Waals surface area contributed by atoms with Gasteiger partial charge >= 0.3 is 0 Å². The van der Waals surface area contributed by atoms with Crippen molar-refractivity contribution in [2.45, 2.75) is 33.2 Å². The molecule has 1 aliphatic rings. The first-order valence-electron chi connectivity index (χ1n) is 7.67. The monoisotopic (exact) mass is 295 g/mol. The number of anilines is 1. The molecule has 0 saturated carbocycles. The molecular formula is C19H21NO2. The molecule has 0 N–H and O–H groups in total. The van der Waals surface area contributed by atoms with E-state index in [9.17, 15) is 4.79 Å². The van der Waals surface area contributed by atoms with Crippen LogP contribution >= 0.6 is 0 Å². The van der Waals surface area contributed by atoms with Crippen molar-refractivity contribution in [3.63, 3.8) is 0 Å². The van der Waals surface area contributed by atoms with Gasteiger partial charge in [-0.05, 0) is 41.7 Å². The number of fused-ring (bicyclic) bond motifs is 1. The van der Waals surface area contributed by atoms with Gasteiger partial charge in [0.25, 0.3) is 5.91 Å². The van der Waals surface area contributed by atoms with Gasteiger partial charge in [-0.25, -0.2) is 0 Å². The Morgan fingerprint density at radius 2 is 1.86 bits per heavy atom. The Hall–Kier alpha value is -2.29. The smallest absolute Gasteiger partial charge is 0.265 e. The SMILES string of the molecule is Cc1ccc2c(c1)N(Cc1ccc(C(C)C)cc1)C(=O)CO2. The average Bonchev–Trinajstić information content (AvgIpc) is 2.51. The first kappa shape index (κ1) is 14.6. The number of rotatable bonds is 3. The lowest BCUT2D eigenvalue weighted by molar-refractivity contribution is -0.121. The molecule has 1 amide bonds. The lowest BCUT2D eigenvalue weighted by Crippen LogP contribution is -2.38. The molecule has 0 aliphatic carbocycles. The van der Waals surface area contributed by atoms with Crippen LogP contribution in [0.1, 0.15) is 36.5 Å². The number of carbonyl (C=O) groups excluding carboxylic acids is 1. The van der Waals surface area contributed by atoms with Gasteiger partial charge in [0.2, 0.25) is 0 Å². The number of hydrogen-bond donors (Lipinski definition) is 0. The second kappa shape index (κ2) is 5.84. The van der Waals surface area contributed by atoms with E-state index in [-0.39, 0.29) is 12.5 Å². The quantitative estimate of drug-likeness (QED) is 0.855. The highest BCUT2D eigenvalue weighted by Crippen LogP contribution is 2.33. The van der Waals surface area contributed by atoms with E-state index in [0.29, 0.717) is 12.5 Å². The Labute approximate surface area is 131 Å². The van der Waals surface area contributed by atoms with E-state index in [4.69, 9.17) is 4.74 Å². The van der Waals surface area contributed by atoms with Crippen molar-refractivity contribution in [1.29, 1.82) is 0 Å². The molecule has 1 heterocycles. The van der Waals surface area contributed by atoms with Crippen LogP contribution < -0.4 is 9.64 Å². The fraction of sp³-hybridized carbons (Fsp3) is 0.316. The van der Waals surface area contributed by atoms with Crippen LogP contribution in [0.5, 0.6) is 5.75 Å². The highest BCUT2D eigenvalue weighted by Gasteiger charge is 2.25. The molecule has 3 rings (SSSR count). The zero-order valence-corrected chi connectivity index (χ0v) is 13.3. The topological polar surface area (TPSA) is 29.5 Å². The summed E-state index contributed by atoms with van der Waals surface area (Å²) in [5.41, 5.74) is 4.43. The van der Waals surface area contributed by atoms with E-state index in [1.54, 1.807) is 0 Å². The van der Waals surface area contributed by atoms with Gasteiger partial charge in [0, 0.05) is 0 Å². The van der Waals surface area contributed by atoms with Gasteiger partial charge in [-0.15, -0.1) is 0 Å². The highest BCUT2D eigenvalue weighted by atomic mass is 16.5. The van der Waals surface area contributed by atoms with Crippen LogP contribution in [0.25, 0.3) is 0 Å². The van der Waals surface area contributed by atoms with Gasteiger partial charge in [-0.2, -0.15) is 0 Å². The summed E-state index contributed by atoms with van der Waals surface area (Å²) in [5, 5.41) is 0. The fourth-order valence-corrected chi connectivity index (χ4v) is 2.68. The van der Waals surface area contributed by atoms with Crippen LogP contribution in [-0.2, 0) is 11.3 Å². The number of nitrogens with zero attached hydrogens (tertiary/aromatic N) is 1. The first-order chi connectivity index (χ1) is 10.5. The third-order valence-corrected chi connectivity index (χ3v) is 4.04. The van der Waals surface area contributed by atoms with Crippen molar-refractivity contribution in [2.24, 2.45) is 0 Å². The molecule has 1 aliphatic heterocycles. The Morgan fingerprint density at radius 1 is 1.14 bits per heavy atom. The predicted molar refractivity (Wildman–Crippen MR) is 88.4 cm³/mol. The number of benzene rings is 2. The summed E-state index contributed by atoms with van der Waals surface area (Å²) < 4.78 is 5.52. The number of ether oxygens (including phenoxy) is 1. The molecule has 2 aromatic carbocycles. The molecule has 0 fully saturated rings. The van der Waals surface area contributed by atoms with Crippen molar-refractivity contribution in [3.8, 4) is 5.75 Å². The Balaban J connectivity index is 1.88. The van der Waals surface area contributed by atoms with Crippen molar-refractivity contribution < 1.29 is 9.53 Å². The van der Waals surface area contributed by atoms with E-state index < -0.39 is 0 Å². The predicted octanol–water partition coefficient (Wildman–Crippen LogP) is 4.04. The maximum Gasteiger partial charge on any atom is 0.265 e. The van der Waals surface area contributed by atoms with Crippen LogP contribution in [0.3, 0.4) is 0 Å². The number of aryl methyl sites for hydroxylation is 1. The van der Waals surface area contributed by atoms with E-state index >= 15 is 0 Å². The molecule has 3 heteroatoms. The zero-order valence-electron chi connectivity index (χ0n) is 13.3. The molecule has 22 heavy (non-hydrogen) atoms. The van der Waals surface area contributed by atoms with E-state index in [2.05, 4.69) is 38.1 Å². The van der Waals surface area contributed by atoms with Crippen LogP contribution in [-0.4, -0.2) is 12.5 Å². The van der Waals surface area contributed by atoms with Crippen LogP contribution in [0.2, 0.25) is 0 Å². The molecule has 0 unspecified atom stereocenters. The van der Waals surface area contributed by atoms with Crippen LogP contribution in [0, 0.1) is 6.92 Å². The van der Waals surface area contributed by atoms with Crippen LogP contribution in [0.15, 0.2) is 42.5 Å². The number of hydrogen-bond acceptors (Lipinski definition) is 2. The van der Waals surface area contributed by atoms with E-state index in [1.807, 2.05) is 30.0 Å². The molecule has 3 nitrogen and oxygen atoms in total.